The molecule has 1 fully saturated rings. The molecule has 7 atom stereocenters. The van der Waals surface area contributed by atoms with Crippen LogP contribution < -0.4 is 42.6 Å². The Labute approximate surface area is 492 Å². The fourth-order valence-corrected chi connectivity index (χ4v) is 15.8. The number of hydrogen-bond donors (Lipinski definition) is 6. The minimum absolute atomic E-state index is 0.0304. The first-order valence-corrected chi connectivity index (χ1v) is 31.1. The molecule has 0 radical (unpaired) electrons. The lowest BCUT2D eigenvalue weighted by molar-refractivity contribution is -0.133. The molecule has 1 aromatic heterocycles. The van der Waals surface area contributed by atoms with E-state index >= 15 is 0 Å². The van der Waals surface area contributed by atoms with E-state index in [4.69, 9.17) is 13.9 Å². The number of hydrogen-bond acceptors (Lipinski definition) is 12. The Bertz CT molecular complexity index is 3090. The van der Waals surface area contributed by atoms with Gasteiger partial charge in [-0.25, -0.2) is 9.59 Å². The van der Waals surface area contributed by atoms with E-state index in [-0.39, 0.29) is 54.5 Å². The van der Waals surface area contributed by atoms with Crippen molar-refractivity contribution in [3.63, 3.8) is 0 Å². The lowest BCUT2D eigenvalue weighted by Gasteiger charge is -2.43. The van der Waals surface area contributed by atoms with Crippen LogP contribution in [-0.2, 0) is 52.3 Å². The van der Waals surface area contributed by atoms with Crippen LogP contribution in [-0.4, -0.2) is 106 Å². The van der Waals surface area contributed by atoms with Crippen LogP contribution in [0.15, 0.2) is 169 Å². The molecule has 2 heterocycles. The van der Waals surface area contributed by atoms with E-state index in [0.29, 0.717) is 11.3 Å². The van der Waals surface area contributed by atoms with Gasteiger partial charge in [0.1, 0.15) is 41.2 Å². The molecule has 0 saturated carbocycles. The Hall–Kier alpha value is -7.42. The van der Waals surface area contributed by atoms with Gasteiger partial charge in [0, 0.05) is 24.8 Å². The second kappa shape index (κ2) is 29.2. The number of thioether (sulfide) groups is 1. The van der Waals surface area contributed by atoms with Gasteiger partial charge in [-0.1, -0.05) is 186 Å². The van der Waals surface area contributed by atoms with Crippen molar-refractivity contribution in [1.82, 2.24) is 30.8 Å². The van der Waals surface area contributed by atoms with Crippen LogP contribution in [0.25, 0.3) is 0 Å². The highest BCUT2D eigenvalue weighted by molar-refractivity contribution is 8.00. The van der Waals surface area contributed by atoms with Gasteiger partial charge in [0.15, 0.2) is 0 Å². The van der Waals surface area contributed by atoms with Crippen molar-refractivity contribution in [3.8, 4) is 0 Å². The van der Waals surface area contributed by atoms with E-state index in [2.05, 4.69) is 76.6 Å². The quantitative estimate of drug-likeness (QED) is 0.0313. The Kier molecular flexibility index (Phi) is 22.2. The number of nitrogens with zero attached hydrogens (tertiary/aromatic N) is 2. The fourth-order valence-electron chi connectivity index (χ4n) is 10.1. The van der Waals surface area contributed by atoms with Gasteiger partial charge in [-0.15, -0.1) is 11.8 Å². The zero-order valence-corrected chi connectivity index (χ0v) is 50.4. The molecule has 17 nitrogen and oxygen atoms in total. The molecular weight excluding hydrogens is 1090 g/mol. The zero-order valence-electron chi connectivity index (χ0n) is 48.6. The highest BCUT2D eigenvalue weighted by atomic mass is 32.2. The Morgan fingerprint density at radius 3 is 1.64 bits per heavy atom. The molecule has 6 aromatic rings. The molecule has 5 amide bonds. The first kappa shape index (κ1) is 63.2. The summed E-state index contributed by atoms with van der Waals surface area (Å²) >= 11 is 1.55. The number of amides is 5. The number of aliphatic hydroxyl groups is 1. The molecule has 0 bridgehead atoms. The van der Waals surface area contributed by atoms with Crippen LogP contribution >= 0.6 is 11.8 Å². The third kappa shape index (κ3) is 18.3. The van der Waals surface area contributed by atoms with Gasteiger partial charge in [0.2, 0.25) is 23.6 Å². The van der Waals surface area contributed by atoms with Gasteiger partial charge in [-0.3, -0.25) is 23.7 Å². The lowest BCUT2D eigenvalue weighted by atomic mass is 9.98. The molecule has 6 N–H and O–H groups in total. The highest BCUT2D eigenvalue weighted by Gasteiger charge is 2.51. The summed E-state index contributed by atoms with van der Waals surface area (Å²) < 4.78 is 20.4. The number of aromatic nitrogens is 2. The van der Waals surface area contributed by atoms with Crippen LogP contribution in [0.2, 0.25) is 5.04 Å². The van der Waals surface area contributed by atoms with Crippen LogP contribution in [0, 0.1) is 5.92 Å². The van der Waals surface area contributed by atoms with Crippen molar-refractivity contribution < 1.29 is 43.0 Å². The number of aliphatic hydroxyl groups excluding tert-OH is 1. The van der Waals surface area contributed by atoms with Crippen LogP contribution in [0.4, 0.5) is 10.6 Å². The van der Waals surface area contributed by atoms with Crippen molar-refractivity contribution >= 4 is 66.0 Å². The van der Waals surface area contributed by atoms with Gasteiger partial charge in [0.25, 0.3) is 8.32 Å². The number of rotatable bonds is 25. The monoisotopic (exact) mass is 1170 g/mol. The normalized spacial score (nSPS) is 16.4. The topological polar surface area (TPSA) is 228 Å². The van der Waals surface area contributed by atoms with Gasteiger partial charge in [-0.2, -0.15) is 4.98 Å². The minimum atomic E-state index is -2.86. The van der Waals surface area contributed by atoms with Crippen LogP contribution in [0.3, 0.4) is 0 Å². The number of alkyl carbamates (subject to hydrolysis) is 1. The number of nitrogens with one attached hydrogen (secondary N) is 5. The smallest absolute Gasteiger partial charge is 0.407 e. The fraction of sp³-hybridized carbons (Fsp3) is 0.391. The first-order chi connectivity index (χ1) is 39.6. The number of anilines is 1. The molecule has 0 aliphatic carbocycles. The van der Waals surface area contributed by atoms with Gasteiger partial charge >= 0.3 is 11.8 Å². The summed E-state index contributed by atoms with van der Waals surface area (Å²) in [5.74, 6) is -2.38. The summed E-state index contributed by atoms with van der Waals surface area (Å²) in [7, 11) is -2.86. The second-order valence-electron chi connectivity index (χ2n) is 23.3. The Morgan fingerprint density at radius 1 is 0.663 bits per heavy atom. The summed E-state index contributed by atoms with van der Waals surface area (Å²) in [4.78, 5) is 88.2. The van der Waals surface area contributed by atoms with Crippen molar-refractivity contribution in [2.75, 3.05) is 17.7 Å². The maximum atomic E-state index is 14.5. The zero-order chi connectivity index (χ0) is 59.7. The van der Waals surface area contributed by atoms with Crippen molar-refractivity contribution in [2.24, 2.45) is 5.92 Å². The maximum Gasteiger partial charge on any atom is 0.407 e. The molecule has 1 aliphatic rings. The van der Waals surface area contributed by atoms with E-state index in [1.54, 1.807) is 56.8 Å². The van der Waals surface area contributed by atoms with E-state index in [1.807, 2.05) is 117 Å². The molecule has 2 unspecified atom stereocenters. The summed E-state index contributed by atoms with van der Waals surface area (Å²) in [5.41, 5.74) is 0.381. The number of carbonyl (C=O) groups is 5. The standard InChI is InChI=1S/C64H79N7O10SSi/c1-43(2)36-50(66-59(75)51(38-45-26-16-10-17-27-45)65-55(73)40-53(72)49(37-44-24-14-9-15-25-44)68-62(78)81-63(3,4)5)58(74)67-52(39-46-28-18-11-19-29-46)60(76)69-54-34-35-71(61(77)70-54)56-42-82-57(80-56)41-79-83(64(6,7)8,47-30-20-12-21-31-47)48-32-22-13-23-33-48/h9-35,43,49-53,56-57,72H,36-42H2,1-8H3,(H,65,73)(H,66,75)(H,67,74)(H,68,78)(H,69,70,76,77)/t49-,50-,51-,52-,53-,56?,57?/m0/s1. The summed E-state index contributed by atoms with van der Waals surface area (Å²) in [6.45, 7) is 15.8. The molecule has 83 heavy (non-hydrogen) atoms. The van der Waals surface area contributed by atoms with Gasteiger partial charge < -0.3 is 45.6 Å². The van der Waals surface area contributed by atoms with E-state index in [0.717, 1.165) is 21.5 Å². The molecule has 0 spiro atoms. The predicted molar refractivity (Wildman–Crippen MR) is 327 cm³/mol. The third-order valence-electron chi connectivity index (χ3n) is 14.0. The summed E-state index contributed by atoms with van der Waals surface area (Å²) in [6, 6.07) is 44.9. The Morgan fingerprint density at radius 2 is 1.14 bits per heavy atom. The average molecular weight is 1170 g/mol. The van der Waals surface area contributed by atoms with E-state index in [9.17, 15) is 33.9 Å². The molecule has 1 saturated heterocycles. The number of benzene rings is 5. The van der Waals surface area contributed by atoms with Crippen LogP contribution in [0.5, 0.6) is 0 Å². The molecule has 1 aliphatic heterocycles. The summed E-state index contributed by atoms with van der Waals surface area (Å²) in [6.07, 6.45) is -1.38. The third-order valence-corrected chi connectivity index (χ3v) is 20.1. The SMILES string of the molecule is CC(C)C[C@H](NC(=O)[C@H](Cc1ccccc1)NC(=O)C[C@H](O)[C@H](Cc1ccccc1)NC(=O)OC(C)(C)C)C(=O)N[C@@H](Cc1ccccc1)C(=O)Nc1ccn(C2CSC(CO[Si](c3ccccc3)(c3ccccc3)C(C)(C)C)O2)c(=O)n1. The second-order valence-corrected chi connectivity index (χ2v) is 28.8. The number of carbonyl (C=O) groups excluding carboxylic acids is 5. The van der Waals surface area contributed by atoms with Crippen molar-refractivity contribution in [3.05, 3.63) is 191 Å². The summed E-state index contributed by atoms with van der Waals surface area (Å²) in [5, 5.41) is 27.5. The largest absolute Gasteiger partial charge is 0.444 e. The first-order valence-electron chi connectivity index (χ1n) is 28.2. The highest BCUT2D eigenvalue weighted by Crippen LogP contribution is 2.39. The average Bonchev–Trinajstić information content (AvgIpc) is 2.09. The minimum Gasteiger partial charge on any atom is -0.444 e. The van der Waals surface area contributed by atoms with Crippen molar-refractivity contribution in [1.29, 1.82) is 0 Å². The van der Waals surface area contributed by atoms with E-state index < -0.39 is 92.3 Å². The van der Waals surface area contributed by atoms with Crippen LogP contribution in [0.1, 0.15) is 91.1 Å². The van der Waals surface area contributed by atoms with Gasteiger partial charge in [-0.05, 0) is 77.7 Å². The Balaban J connectivity index is 1.03. The lowest BCUT2D eigenvalue weighted by Crippen LogP contribution is -2.67. The molecule has 5 aromatic carbocycles. The molecular formula is C64H79N7O10SSi. The molecule has 7 rings (SSSR count). The predicted octanol–water partition coefficient (Wildman–Crippen LogP) is 7.22. The van der Waals surface area contributed by atoms with Gasteiger partial charge in [0.05, 0.1) is 25.2 Å². The molecule has 440 valence electrons. The van der Waals surface area contributed by atoms with E-state index in [1.165, 1.54) is 16.8 Å². The molecule has 19 heteroatoms. The maximum absolute atomic E-state index is 14.5. The number of ether oxygens (including phenoxy) is 2. The van der Waals surface area contributed by atoms with Crippen molar-refractivity contribution in [2.45, 2.75) is 140 Å².